The lowest BCUT2D eigenvalue weighted by molar-refractivity contribution is -0.123. The highest BCUT2D eigenvalue weighted by Crippen LogP contribution is 2.24. The lowest BCUT2D eigenvalue weighted by Gasteiger charge is -2.33. The minimum atomic E-state index is 0. The molecule has 1 atom stereocenters. The van der Waals surface area contributed by atoms with Crippen molar-refractivity contribution >= 4 is 24.2 Å². The van der Waals surface area contributed by atoms with Gasteiger partial charge in [0.05, 0.1) is 0 Å². The zero-order chi connectivity index (χ0) is 19.2. The van der Waals surface area contributed by atoms with E-state index in [4.69, 9.17) is 0 Å². The molecule has 2 aliphatic heterocycles. The second kappa shape index (κ2) is 10.8. The molecule has 156 valence electrons. The maximum absolute atomic E-state index is 12.6. The van der Waals surface area contributed by atoms with Crippen LogP contribution in [0.3, 0.4) is 0 Å². The molecular formula is C22H34ClN3O2. The quantitative estimate of drug-likeness (QED) is 0.788. The zero-order valence-electron chi connectivity index (χ0n) is 17.1. The van der Waals surface area contributed by atoms with Crippen LogP contribution < -0.4 is 10.6 Å². The monoisotopic (exact) mass is 407 g/mol. The summed E-state index contributed by atoms with van der Waals surface area (Å²) in [5.41, 5.74) is 1.91. The van der Waals surface area contributed by atoms with E-state index in [2.05, 4.69) is 17.6 Å². The molecule has 6 heteroatoms. The Morgan fingerprint density at radius 1 is 1.11 bits per heavy atom. The highest BCUT2D eigenvalue weighted by Gasteiger charge is 2.26. The third-order valence-electron chi connectivity index (χ3n) is 6.14. The van der Waals surface area contributed by atoms with Crippen molar-refractivity contribution in [3.05, 3.63) is 35.4 Å². The van der Waals surface area contributed by atoms with E-state index >= 15 is 0 Å². The Balaban J connectivity index is 0.00000280. The summed E-state index contributed by atoms with van der Waals surface area (Å²) in [7, 11) is 0. The summed E-state index contributed by atoms with van der Waals surface area (Å²) in [4.78, 5) is 26.9. The number of rotatable bonds is 5. The molecule has 0 spiro atoms. The molecule has 2 amide bonds. The first-order valence-corrected chi connectivity index (χ1v) is 10.4. The standard InChI is InChI=1S/C22H33N3O2.ClH/c1-16-3-5-19(6-4-16)22(27)25-13-9-20(10-14-25)24-21(26)15-17(2)18-7-11-23-12-8-18;/h3-6,17-18,20,23H,7-15H2,1-2H3,(H,24,26);1H. The molecule has 0 bridgehead atoms. The van der Waals surface area contributed by atoms with Gasteiger partial charge in [-0.25, -0.2) is 0 Å². The number of carbonyl (C=O) groups excluding carboxylic acids is 2. The van der Waals surface area contributed by atoms with Gasteiger partial charge in [-0.05, 0) is 69.7 Å². The second-order valence-corrected chi connectivity index (χ2v) is 8.27. The number of hydrogen-bond donors (Lipinski definition) is 2. The number of amides is 2. The molecule has 0 saturated carbocycles. The van der Waals surface area contributed by atoms with Crippen LogP contribution in [0.4, 0.5) is 0 Å². The van der Waals surface area contributed by atoms with Crippen molar-refractivity contribution in [1.82, 2.24) is 15.5 Å². The Labute approximate surface area is 175 Å². The third kappa shape index (κ3) is 6.21. The summed E-state index contributed by atoms with van der Waals surface area (Å²) in [6.45, 7) is 7.80. The van der Waals surface area contributed by atoms with Crippen molar-refractivity contribution in [2.45, 2.75) is 52.0 Å². The molecule has 28 heavy (non-hydrogen) atoms. The maximum atomic E-state index is 12.6. The summed E-state index contributed by atoms with van der Waals surface area (Å²) in [6, 6.07) is 7.94. The summed E-state index contributed by atoms with van der Waals surface area (Å²) in [6.07, 6.45) is 4.64. The van der Waals surface area contributed by atoms with Crippen LogP contribution in [-0.4, -0.2) is 48.9 Å². The average Bonchev–Trinajstić information content (AvgIpc) is 2.69. The number of nitrogens with zero attached hydrogens (tertiary/aromatic N) is 1. The molecule has 3 rings (SSSR count). The van der Waals surface area contributed by atoms with E-state index in [1.165, 1.54) is 12.8 Å². The Bertz CT molecular complexity index is 636. The molecule has 1 unspecified atom stereocenters. The van der Waals surface area contributed by atoms with Gasteiger partial charge in [-0.3, -0.25) is 9.59 Å². The molecule has 5 nitrogen and oxygen atoms in total. The van der Waals surface area contributed by atoms with Gasteiger partial charge in [-0.2, -0.15) is 0 Å². The summed E-state index contributed by atoms with van der Waals surface area (Å²) in [5.74, 6) is 1.37. The van der Waals surface area contributed by atoms with Gasteiger partial charge < -0.3 is 15.5 Å². The normalized spacial score (nSPS) is 19.6. The van der Waals surface area contributed by atoms with Gasteiger partial charge in [0.1, 0.15) is 0 Å². The number of benzene rings is 1. The van der Waals surface area contributed by atoms with Gasteiger partial charge in [0, 0.05) is 31.1 Å². The van der Waals surface area contributed by atoms with Crippen LogP contribution in [-0.2, 0) is 4.79 Å². The van der Waals surface area contributed by atoms with Crippen molar-refractivity contribution in [1.29, 1.82) is 0 Å². The van der Waals surface area contributed by atoms with Crippen LogP contribution >= 0.6 is 12.4 Å². The maximum Gasteiger partial charge on any atom is 0.253 e. The number of piperidine rings is 2. The molecule has 0 aromatic heterocycles. The molecule has 2 saturated heterocycles. The van der Waals surface area contributed by atoms with Crippen LogP contribution in [0.5, 0.6) is 0 Å². The second-order valence-electron chi connectivity index (χ2n) is 8.27. The molecular weight excluding hydrogens is 374 g/mol. The van der Waals surface area contributed by atoms with Crippen molar-refractivity contribution < 1.29 is 9.59 Å². The summed E-state index contributed by atoms with van der Waals surface area (Å²) >= 11 is 0. The van der Waals surface area contributed by atoms with E-state index in [0.29, 0.717) is 31.3 Å². The van der Waals surface area contributed by atoms with Crippen LogP contribution in [0.25, 0.3) is 0 Å². The van der Waals surface area contributed by atoms with E-state index in [1.54, 1.807) is 0 Å². The van der Waals surface area contributed by atoms with E-state index in [1.807, 2.05) is 36.1 Å². The molecule has 2 N–H and O–H groups in total. The van der Waals surface area contributed by atoms with Crippen molar-refractivity contribution in [2.24, 2.45) is 11.8 Å². The van der Waals surface area contributed by atoms with E-state index in [-0.39, 0.29) is 30.3 Å². The zero-order valence-corrected chi connectivity index (χ0v) is 17.9. The predicted molar refractivity (Wildman–Crippen MR) is 115 cm³/mol. The van der Waals surface area contributed by atoms with Gasteiger partial charge in [0.2, 0.25) is 5.91 Å². The Morgan fingerprint density at radius 2 is 1.71 bits per heavy atom. The summed E-state index contributed by atoms with van der Waals surface area (Å²) in [5, 5.41) is 6.59. The minimum Gasteiger partial charge on any atom is -0.353 e. The molecule has 2 heterocycles. The minimum absolute atomic E-state index is 0. The number of hydrogen-bond acceptors (Lipinski definition) is 3. The van der Waals surface area contributed by atoms with Crippen LogP contribution in [0.2, 0.25) is 0 Å². The van der Waals surface area contributed by atoms with Crippen molar-refractivity contribution in [3.8, 4) is 0 Å². The lowest BCUT2D eigenvalue weighted by Crippen LogP contribution is -2.47. The predicted octanol–water partition coefficient (Wildman–Crippen LogP) is 3.16. The van der Waals surface area contributed by atoms with Crippen molar-refractivity contribution in [3.63, 3.8) is 0 Å². The fourth-order valence-electron chi connectivity index (χ4n) is 4.26. The molecule has 2 fully saturated rings. The van der Waals surface area contributed by atoms with Gasteiger partial charge in [-0.15, -0.1) is 12.4 Å². The third-order valence-corrected chi connectivity index (χ3v) is 6.14. The highest BCUT2D eigenvalue weighted by molar-refractivity contribution is 5.94. The first-order chi connectivity index (χ1) is 13.0. The number of likely N-dealkylation sites (tertiary alicyclic amines) is 1. The van der Waals surface area contributed by atoms with Crippen LogP contribution in [0.15, 0.2) is 24.3 Å². The van der Waals surface area contributed by atoms with Gasteiger partial charge in [0.15, 0.2) is 0 Å². The molecule has 0 aliphatic carbocycles. The number of halogens is 1. The Hall–Kier alpha value is -1.59. The molecule has 2 aliphatic rings. The van der Waals surface area contributed by atoms with E-state index in [9.17, 15) is 9.59 Å². The smallest absolute Gasteiger partial charge is 0.253 e. The lowest BCUT2D eigenvalue weighted by atomic mass is 9.84. The first kappa shape index (κ1) is 22.7. The van der Waals surface area contributed by atoms with E-state index < -0.39 is 0 Å². The Morgan fingerprint density at radius 3 is 2.32 bits per heavy atom. The van der Waals surface area contributed by atoms with Gasteiger partial charge in [0.25, 0.3) is 5.91 Å². The fraction of sp³-hybridized carbons (Fsp3) is 0.636. The van der Waals surface area contributed by atoms with Crippen LogP contribution in [0.1, 0.15) is 54.9 Å². The Kier molecular flexibility index (Phi) is 8.77. The average molecular weight is 408 g/mol. The van der Waals surface area contributed by atoms with Crippen LogP contribution in [0, 0.1) is 18.8 Å². The van der Waals surface area contributed by atoms with Crippen molar-refractivity contribution in [2.75, 3.05) is 26.2 Å². The molecule has 0 radical (unpaired) electrons. The number of carbonyl (C=O) groups is 2. The number of aryl methyl sites for hydroxylation is 1. The molecule has 1 aromatic rings. The van der Waals surface area contributed by atoms with Gasteiger partial charge >= 0.3 is 0 Å². The van der Waals surface area contributed by atoms with E-state index in [0.717, 1.165) is 37.1 Å². The first-order valence-electron chi connectivity index (χ1n) is 10.4. The largest absolute Gasteiger partial charge is 0.353 e. The SMILES string of the molecule is Cc1ccc(C(=O)N2CCC(NC(=O)CC(C)C3CCNCC3)CC2)cc1.Cl. The molecule has 1 aromatic carbocycles. The number of nitrogens with one attached hydrogen (secondary N) is 2. The summed E-state index contributed by atoms with van der Waals surface area (Å²) < 4.78 is 0. The van der Waals surface area contributed by atoms with Gasteiger partial charge in [-0.1, -0.05) is 24.6 Å². The topological polar surface area (TPSA) is 61.4 Å². The highest BCUT2D eigenvalue weighted by atomic mass is 35.5. The fourth-order valence-corrected chi connectivity index (χ4v) is 4.26.